The third kappa shape index (κ3) is 4.52. The first-order chi connectivity index (χ1) is 9.32. The van der Waals surface area contributed by atoms with Gasteiger partial charge in [0.1, 0.15) is 0 Å². The van der Waals surface area contributed by atoms with Crippen molar-refractivity contribution in [2.75, 3.05) is 20.6 Å². The van der Waals surface area contributed by atoms with E-state index in [0.717, 1.165) is 6.42 Å². The predicted octanol–water partition coefficient (Wildman–Crippen LogP) is 2.38. The molecule has 0 radical (unpaired) electrons. The molecule has 0 aromatic carbocycles. The number of hydrogen-bond acceptors (Lipinski definition) is 3. The van der Waals surface area contributed by atoms with Gasteiger partial charge in [-0.05, 0) is 18.4 Å². The minimum atomic E-state index is -0.890. The molecule has 2 unspecified atom stereocenters. The van der Waals surface area contributed by atoms with E-state index in [2.05, 4.69) is 6.07 Å². The number of carbonyl (C=O) groups is 2. The van der Waals surface area contributed by atoms with Crippen molar-refractivity contribution in [1.29, 1.82) is 0 Å². The van der Waals surface area contributed by atoms with Crippen LogP contribution in [0.2, 0.25) is 0 Å². The van der Waals surface area contributed by atoms with E-state index in [1.807, 2.05) is 18.4 Å². The first kappa shape index (κ1) is 16.5. The maximum atomic E-state index is 12.2. The zero-order valence-corrected chi connectivity index (χ0v) is 13.2. The highest BCUT2D eigenvalue weighted by Gasteiger charge is 2.23. The van der Waals surface area contributed by atoms with Crippen LogP contribution in [0.4, 0.5) is 4.79 Å². The molecule has 0 saturated heterocycles. The standard InChI is InChI=1S/C14H22N2O3S/c1-10(13(17)18)9-15(3)14(19)16(4)11(2)8-12-6-5-7-20-12/h5-7,10-11H,8-9H2,1-4H3,(H,17,18). The van der Waals surface area contributed by atoms with E-state index in [0.29, 0.717) is 0 Å². The van der Waals surface area contributed by atoms with Gasteiger partial charge in [-0.25, -0.2) is 4.79 Å². The molecule has 0 saturated carbocycles. The lowest BCUT2D eigenvalue weighted by atomic mass is 10.1. The van der Waals surface area contributed by atoms with E-state index >= 15 is 0 Å². The number of rotatable bonds is 6. The molecule has 0 bridgehead atoms. The molecule has 1 aromatic heterocycles. The van der Waals surface area contributed by atoms with Gasteiger partial charge in [-0.15, -0.1) is 11.3 Å². The molecule has 5 nitrogen and oxygen atoms in total. The molecule has 20 heavy (non-hydrogen) atoms. The summed E-state index contributed by atoms with van der Waals surface area (Å²) in [5, 5.41) is 10.9. The Labute approximate surface area is 123 Å². The maximum Gasteiger partial charge on any atom is 0.319 e. The number of likely N-dealkylation sites (N-methyl/N-ethyl adjacent to an activating group) is 1. The summed E-state index contributed by atoms with van der Waals surface area (Å²) in [7, 11) is 3.39. The molecule has 1 N–H and O–H groups in total. The zero-order chi connectivity index (χ0) is 15.3. The lowest BCUT2D eigenvalue weighted by Crippen LogP contribution is -2.46. The minimum absolute atomic E-state index is 0.0729. The monoisotopic (exact) mass is 298 g/mol. The highest BCUT2D eigenvalue weighted by Crippen LogP contribution is 2.14. The molecule has 0 aliphatic carbocycles. The summed E-state index contributed by atoms with van der Waals surface area (Å²) < 4.78 is 0. The van der Waals surface area contributed by atoms with Gasteiger partial charge < -0.3 is 14.9 Å². The average Bonchev–Trinajstić information content (AvgIpc) is 2.89. The van der Waals surface area contributed by atoms with E-state index in [4.69, 9.17) is 5.11 Å². The number of carboxylic acids is 1. The Kier molecular flexibility index (Phi) is 6.01. The van der Waals surface area contributed by atoms with Crippen LogP contribution in [0.1, 0.15) is 18.7 Å². The van der Waals surface area contributed by atoms with Crippen molar-refractivity contribution in [1.82, 2.24) is 9.80 Å². The van der Waals surface area contributed by atoms with Crippen LogP contribution in [0.3, 0.4) is 0 Å². The maximum absolute atomic E-state index is 12.2. The van der Waals surface area contributed by atoms with Gasteiger partial charge >= 0.3 is 12.0 Å². The average molecular weight is 298 g/mol. The second-order valence-corrected chi connectivity index (χ2v) is 6.18. The van der Waals surface area contributed by atoms with E-state index in [1.54, 1.807) is 37.3 Å². The second kappa shape index (κ2) is 7.28. The molecule has 1 aromatic rings. The molecule has 112 valence electrons. The Hall–Kier alpha value is -1.56. The molecule has 0 spiro atoms. The number of carbonyl (C=O) groups excluding carboxylic acids is 1. The van der Waals surface area contributed by atoms with Crippen molar-refractivity contribution in [2.24, 2.45) is 5.92 Å². The smallest absolute Gasteiger partial charge is 0.319 e. The van der Waals surface area contributed by atoms with Crippen LogP contribution in [0.25, 0.3) is 0 Å². The summed E-state index contributed by atoms with van der Waals surface area (Å²) in [6.45, 7) is 3.80. The van der Waals surface area contributed by atoms with Crippen LogP contribution >= 0.6 is 11.3 Å². The summed E-state index contributed by atoms with van der Waals surface area (Å²) in [6.07, 6.45) is 0.808. The van der Waals surface area contributed by atoms with Crippen molar-refractivity contribution in [3.05, 3.63) is 22.4 Å². The molecule has 1 rings (SSSR count). The van der Waals surface area contributed by atoms with Gasteiger partial charge in [-0.1, -0.05) is 13.0 Å². The van der Waals surface area contributed by atoms with Crippen molar-refractivity contribution in [2.45, 2.75) is 26.3 Å². The van der Waals surface area contributed by atoms with Gasteiger partial charge in [0.2, 0.25) is 0 Å². The third-order valence-electron chi connectivity index (χ3n) is 3.34. The number of urea groups is 1. The zero-order valence-electron chi connectivity index (χ0n) is 12.4. The van der Waals surface area contributed by atoms with Gasteiger partial charge in [-0.2, -0.15) is 0 Å². The van der Waals surface area contributed by atoms with Crippen molar-refractivity contribution < 1.29 is 14.7 Å². The summed E-state index contributed by atoms with van der Waals surface area (Å²) in [5.41, 5.74) is 0. The number of hydrogen-bond donors (Lipinski definition) is 1. The quantitative estimate of drug-likeness (QED) is 0.877. The molecule has 0 fully saturated rings. The third-order valence-corrected chi connectivity index (χ3v) is 4.23. The largest absolute Gasteiger partial charge is 0.481 e. The first-order valence-corrected chi connectivity index (χ1v) is 7.44. The van der Waals surface area contributed by atoms with Gasteiger partial charge in [0.05, 0.1) is 5.92 Å². The number of nitrogens with zero attached hydrogens (tertiary/aromatic N) is 2. The van der Waals surface area contributed by atoms with E-state index < -0.39 is 11.9 Å². The fourth-order valence-electron chi connectivity index (χ4n) is 1.88. The second-order valence-electron chi connectivity index (χ2n) is 5.15. The van der Waals surface area contributed by atoms with Crippen LogP contribution in [0.15, 0.2) is 17.5 Å². The highest BCUT2D eigenvalue weighted by molar-refractivity contribution is 7.09. The van der Waals surface area contributed by atoms with E-state index in [1.165, 1.54) is 9.78 Å². The molecular weight excluding hydrogens is 276 g/mol. The van der Waals surface area contributed by atoms with Crippen molar-refractivity contribution >= 4 is 23.3 Å². The summed E-state index contributed by atoms with van der Waals surface area (Å²) in [4.78, 5) is 27.4. The van der Waals surface area contributed by atoms with Gasteiger partial charge in [0.15, 0.2) is 0 Å². The van der Waals surface area contributed by atoms with Crippen molar-refractivity contribution in [3.63, 3.8) is 0 Å². The van der Waals surface area contributed by atoms with E-state index in [9.17, 15) is 9.59 Å². The van der Waals surface area contributed by atoms with Crippen LogP contribution in [-0.2, 0) is 11.2 Å². The Morgan fingerprint density at radius 1 is 1.35 bits per heavy atom. The summed E-state index contributed by atoms with van der Waals surface area (Å²) in [6, 6.07) is 3.97. The van der Waals surface area contributed by atoms with Gasteiger partial charge in [0.25, 0.3) is 0 Å². The minimum Gasteiger partial charge on any atom is -0.481 e. The Balaban J connectivity index is 2.54. The summed E-state index contributed by atoms with van der Waals surface area (Å²) in [5.74, 6) is -1.45. The molecule has 0 aliphatic heterocycles. The van der Waals surface area contributed by atoms with Gasteiger partial charge in [0, 0.05) is 38.0 Å². The predicted molar refractivity (Wildman–Crippen MR) is 80.1 cm³/mol. The number of aliphatic carboxylic acids is 1. The molecule has 6 heteroatoms. The molecule has 2 amide bonds. The van der Waals surface area contributed by atoms with Crippen LogP contribution in [0.5, 0.6) is 0 Å². The molecule has 2 atom stereocenters. The molecular formula is C14H22N2O3S. The SMILES string of the molecule is CC(CN(C)C(=O)N(C)C(C)Cc1cccs1)C(=O)O. The van der Waals surface area contributed by atoms with Crippen molar-refractivity contribution in [3.8, 4) is 0 Å². The fourth-order valence-corrected chi connectivity index (χ4v) is 2.71. The Bertz CT molecular complexity index is 447. The van der Waals surface area contributed by atoms with Crippen LogP contribution in [0, 0.1) is 5.92 Å². The first-order valence-electron chi connectivity index (χ1n) is 6.56. The highest BCUT2D eigenvalue weighted by atomic mass is 32.1. The number of amides is 2. The molecule has 0 aliphatic rings. The lowest BCUT2D eigenvalue weighted by Gasteiger charge is -2.30. The Morgan fingerprint density at radius 3 is 2.50 bits per heavy atom. The normalized spacial score (nSPS) is 13.6. The van der Waals surface area contributed by atoms with Crippen LogP contribution < -0.4 is 0 Å². The lowest BCUT2D eigenvalue weighted by molar-refractivity contribution is -0.141. The van der Waals surface area contributed by atoms with Gasteiger partial charge in [-0.3, -0.25) is 4.79 Å². The molecule has 1 heterocycles. The number of thiophene rings is 1. The van der Waals surface area contributed by atoms with E-state index in [-0.39, 0.29) is 18.6 Å². The number of carboxylic acid groups (broad SMARTS) is 1. The fraction of sp³-hybridized carbons (Fsp3) is 0.571. The Morgan fingerprint density at radius 2 is 2.00 bits per heavy atom. The topological polar surface area (TPSA) is 60.9 Å². The van der Waals surface area contributed by atoms with Crippen LogP contribution in [-0.4, -0.2) is 53.6 Å². The summed E-state index contributed by atoms with van der Waals surface area (Å²) >= 11 is 1.67.